The summed E-state index contributed by atoms with van der Waals surface area (Å²) in [6, 6.07) is 5.04. The van der Waals surface area contributed by atoms with Crippen LogP contribution in [0, 0.1) is 11.7 Å². The van der Waals surface area contributed by atoms with Gasteiger partial charge in [-0.05, 0) is 18.9 Å². The van der Waals surface area contributed by atoms with Crippen LogP contribution in [0.3, 0.4) is 0 Å². The van der Waals surface area contributed by atoms with Crippen LogP contribution >= 0.6 is 0 Å². The molecule has 0 aliphatic carbocycles. The van der Waals surface area contributed by atoms with Crippen LogP contribution in [0.5, 0.6) is 0 Å². The lowest BCUT2D eigenvalue weighted by atomic mass is 9.91. The summed E-state index contributed by atoms with van der Waals surface area (Å²) in [5, 5.41) is 5.12. The summed E-state index contributed by atoms with van der Waals surface area (Å²) in [7, 11) is 0. The van der Waals surface area contributed by atoms with Crippen molar-refractivity contribution in [2.24, 2.45) is 5.92 Å². The molecule has 124 valence electrons. The van der Waals surface area contributed by atoms with Gasteiger partial charge in [0, 0.05) is 12.1 Å². The number of carbonyl (C=O) groups is 3. The van der Waals surface area contributed by atoms with E-state index in [1.54, 1.807) is 6.07 Å². The van der Waals surface area contributed by atoms with Crippen molar-refractivity contribution in [3.63, 3.8) is 0 Å². The second kappa shape index (κ2) is 6.36. The number of halogens is 1. The zero-order valence-corrected chi connectivity index (χ0v) is 13.4. The molecule has 1 aliphatic rings. The summed E-state index contributed by atoms with van der Waals surface area (Å²) in [6.07, 6.45) is 0. The number of benzene rings is 1. The van der Waals surface area contributed by atoms with E-state index in [-0.39, 0.29) is 18.0 Å². The number of hydrogen-bond acceptors (Lipinski definition) is 3. The average molecular weight is 321 g/mol. The van der Waals surface area contributed by atoms with Crippen molar-refractivity contribution in [1.82, 2.24) is 15.5 Å². The molecular weight excluding hydrogens is 301 g/mol. The van der Waals surface area contributed by atoms with Crippen LogP contribution in [0.4, 0.5) is 9.18 Å². The molecule has 4 amide bonds. The fourth-order valence-electron chi connectivity index (χ4n) is 2.41. The molecule has 1 fully saturated rings. The highest BCUT2D eigenvalue weighted by Crippen LogP contribution is 2.30. The lowest BCUT2D eigenvalue weighted by Gasteiger charge is -2.22. The van der Waals surface area contributed by atoms with Crippen LogP contribution in [0.2, 0.25) is 0 Å². The molecule has 23 heavy (non-hydrogen) atoms. The van der Waals surface area contributed by atoms with Gasteiger partial charge in [-0.1, -0.05) is 32.0 Å². The minimum atomic E-state index is -1.51. The Morgan fingerprint density at radius 1 is 1.35 bits per heavy atom. The number of carbonyl (C=O) groups excluding carboxylic acids is 3. The Kier molecular flexibility index (Phi) is 4.68. The van der Waals surface area contributed by atoms with Gasteiger partial charge in [-0.3, -0.25) is 14.5 Å². The molecule has 0 aromatic heterocycles. The minimum absolute atomic E-state index is 0.0726. The molecule has 0 spiro atoms. The molecule has 1 atom stereocenters. The number of imide groups is 1. The third-order valence-electron chi connectivity index (χ3n) is 3.70. The van der Waals surface area contributed by atoms with E-state index in [1.165, 1.54) is 25.1 Å². The lowest BCUT2D eigenvalue weighted by molar-refractivity contribution is -0.134. The number of urea groups is 1. The first-order valence-electron chi connectivity index (χ1n) is 7.41. The van der Waals surface area contributed by atoms with Crippen LogP contribution in [-0.4, -0.2) is 35.8 Å². The van der Waals surface area contributed by atoms with Crippen LogP contribution in [0.15, 0.2) is 24.3 Å². The lowest BCUT2D eigenvalue weighted by Crippen LogP contribution is -2.44. The van der Waals surface area contributed by atoms with E-state index in [0.29, 0.717) is 6.54 Å². The zero-order valence-electron chi connectivity index (χ0n) is 13.4. The van der Waals surface area contributed by atoms with Gasteiger partial charge in [0.2, 0.25) is 5.91 Å². The van der Waals surface area contributed by atoms with Crippen molar-refractivity contribution in [3.8, 4) is 0 Å². The van der Waals surface area contributed by atoms with E-state index in [9.17, 15) is 18.8 Å². The van der Waals surface area contributed by atoms with Gasteiger partial charge in [-0.25, -0.2) is 9.18 Å². The maximum absolute atomic E-state index is 14.0. The van der Waals surface area contributed by atoms with E-state index in [1.807, 2.05) is 13.8 Å². The highest BCUT2D eigenvalue weighted by atomic mass is 19.1. The molecule has 7 heteroatoms. The summed E-state index contributed by atoms with van der Waals surface area (Å²) in [6.45, 7) is 5.36. The quantitative estimate of drug-likeness (QED) is 0.804. The first-order chi connectivity index (χ1) is 10.8. The van der Waals surface area contributed by atoms with Gasteiger partial charge in [0.25, 0.3) is 5.91 Å². The molecule has 1 saturated heterocycles. The summed E-state index contributed by atoms with van der Waals surface area (Å²) < 4.78 is 14.0. The molecule has 0 unspecified atom stereocenters. The van der Waals surface area contributed by atoms with E-state index in [0.717, 1.165) is 4.90 Å². The van der Waals surface area contributed by atoms with Crippen LogP contribution in [0.1, 0.15) is 26.3 Å². The Morgan fingerprint density at radius 2 is 2.00 bits per heavy atom. The molecule has 0 bridgehead atoms. The van der Waals surface area contributed by atoms with Crippen LogP contribution < -0.4 is 10.6 Å². The van der Waals surface area contributed by atoms with Crippen LogP contribution in [0.25, 0.3) is 0 Å². The van der Waals surface area contributed by atoms with Gasteiger partial charge in [0.15, 0.2) is 0 Å². The number of rotatable bonds is 5. The van der Waals surface area contributed by atoms with E-state index < -0.39 is 29.2 Å². The SMILES string of the molecule is CC(C)CNC(=O)CN1C(=O)N[C@@](C)(c2ccccc2F)C1=O. The Hall–Kier alpha value is -2.44. The fraction of sp³-hybridized carbons (Fsp3) is 0.438. The van der Waals surface area contributed by atoms with E-state index >= 15 is 0 Å². The third kappa shape index (κ3) is 3.33. The fourth-order valence-corrected chi connectivity index (χ4v) is 2.41. The molecule has 2 N–H and O–H groups in total. The van der Waals surface area contributed by atoms with Crippen molar-refractivity contribution >= 4 is 17.8 Å². The molecule has 1 aromatic carbocycles. The van der Waals surface area contributed by atoms with Crippen molar-refractivity contribution in [1.29, 1.82) is 0 Å². The first kappa shape index (κ1) is 16.9. The molecule has 1 aromatic rings. The maximum atomic E-state index is 14.0. The summed E-state index contributed by atoms with van der Waals surface area (Å²) in [5.74, 6) is -1.41. The second-order valence-corrected chi connectivity index (χ2v) is 6.12. The van der Waals surface area contributed by atoms with Gasteiger partial charge < -0.3 is 10.6 Å². The van der Waals surface area contributed by atoms with Crippen molar-refractivity contribution in [2.45, 2.75) is 26.3 Å². The normalized spacial score (nSPS) is 20.8. The standard InChI is InChI=1S/C16H20FN3O3/c1-10(2)8-18-13(21)9-20-14(22)16(3,19-15(20)23)11-6-4-5-7-12(11)17/h4-7,10H,8-9H2,1-3H3,(H,18,21)(H,19,23)/t16-/m0/s1. The van der Waals surface area contributed by atoms with Crippen molar-refractivity contribution < 1.29 is 18.8 Å². The number of hydrogen-bond donors (Lipinski definition) is 2. The predicted molar refractivity (Wildman–Crippen MR) is 81.8 cm³/mol. The maximum Gasteiger partial charge on any atom is 0.325 e. The van der Waals surface area contributed by atoms with E-state index in [4.69, 9.17) is 0 Å². The first-order valence-corrected chi connectivity index (χ1v) is 7.41. The Balaban J connectivity index is 2.17. The molecular formula is C16H20FN3O3. The molecule has 1 aliphatic heterocycles. The topological polar surface area (TPSA) is 78.5 Å². The van der Waals surface area contributed by atoms with Gasteiger partial charge in [-0.15, -0.1) is 0 Å². The zero-order chi connectivity index (χ0) is 17.2. The molecule has 0 radical (unpaired) electrons. The highest BCUT2D eigenvalue weighted by molar-refractivity contribution is 6.09. The number of nitrogens with zero attached hydrogens (tertiary/aromatic N) is 1. The number of amides is 4. The highest BCUT2D eigenvalue weighted by Gasteiger charge is 2.50. The summed E-state index contributed by atoms with van der Waals surface area (Å²) in [4.78, 5) is 37.3. The average Bonchev–Trinajstić information content (AvgIpc) is 2.70. The Labute approximate surface area is 134 Å². The molecule has 6 nitrogen and oxygen atoms in total. The summed E-state index contributed by atoms with van der Waals surface area (Å²) in [5.41, 5.74) is -1.44. The number of nitrogens with one attached hydrogen (secondary N) is 2. The third-order valence-corrected chi connectivity index (χ3v) is 3.70. The minimum Gasteiger partial charge on any atom is -0.354 e. The van der Waals surface area contributed by atoms with Crippen LogP contribution in [-0.2, 0) is 15.1 Å². The monoisotopic (exact) mass is 321 g/mol. The molecule has 2 rings (SSSR count). The van der Waals surface area contributed by atoms with Gasteiger partial charge in [0.1, 0.15) is 17.9 Å². The molecule has 0 saturated carbocycles. The van der Waals surface area contributed by atoms with Gasteiger partial charge >= 0.3 is 6.03 Å². The summed E-state index contributed by atoms with van der Waals surface area (Å²) >= 11 is 0. The second-order valence-electron chi connectivity index (χ2n) is 6.12. The Bertz CT molecular complexity index is 647. The molecule has 1 heterocycles. The van der Waals surface area contributed by atoms with Crippen molar-refractivity contribution in [3.05, 3.63) is 35.6 Å². The largest absolute Gasteiger partial charge is 0.354 e. The van der Waals surface area contributed by atoms with Gasteiger partial charge in [0.05, 0.1) is 0 Å². The van der Waals surface area contributed by atoms with Crippen molar-refractivity contribution in [2.75, 3.05) is 13.1 Å². The van der Waals surface area contributed by atoms with E-state index in [2.05, 4.69) is 10.6 Å². The smallest absolute Gasteiger partial charge is 0.325 e. The van der Waals surface area contributed by atoms with Gasteiger partial charge in [-0.2, -0.15) is 0 Å². The predicted octanol–water partition coefficient (Wildman–Crippen LogP) is 1.36. The Morgan fingerprint density at radius 3 is 2.61 bits per heavy atom.